The van der Waals surface area contributed by atoms with E-state index in [1.807, 2.05) is 49.3 Å². The van der Waals surface area contributed by atoms with Crippen LogP contribution in [0.5, 0.6) is 5.75 Å². The Balaban J connectivity index is 1.86. The topological polar surface area (TPSA) is 90.2 Å². The van der Waals surface area contributed by atoms with Gasteiger partial charge in [0.15, 0.2) is 4.80 Å². The summed E-state index contributed by atoms with van der Waals surface area (Å²) in [6.45, 7) is 6.67. The van der Waals surface area contributed by atoms with Gasteiger partial charge in [-0.2, -0.15) is 0 Å². The first kappa shape index (κ1) is 25.8. The Hall–Kier alpha value is -4.24. The number of esters is 2. The van der Waals surface area contributed by atoms with E-state index < -0.39 is 18.0 Å². The van der Waals surface area contributed by atoms with E-state index in [-0.39, 0.29) is 17.7 Å². The second-order valence-electron chi connectivity index (χ2n) is 8.62. The van der Waals surface area contributed by atoms with Crippen molar-refractivity contribution < 1.29 is 19.1 Å². The fourth-order valence-corrected chi connectivity index (χ4v) is 5.06. The minimum atomic E-state index is -0.766. The number of rotatable bonds is 7. The average molecular weight is 518 g/mol. The van der Waals surface area contributed by atoms with Gasteiger partial charge in [0.25, 0.3) is 5.56 Å². The predicted octanol–water partition coefficient (Wildman–Crippen LogP) is 2.96. The quantitative estimate of drug-likeness (QED) is 0.272. The molecule has 0 N–H and O–H groups in total. The predicted molar refractivity (Wildman–Crippen MR) is 143 cm³/mol. The molecule has 1 aliphatic rings. The fraction of sp³-hybridized carbons (Fsp3) is 0.214. The molecule has 9 heteroatoms. The Morgan fingerprint density at radius 3 is 2.41 bits per heavy atom. The van der Waals surface area contributed by atoms with Crippen LogP contribution in [-0.2, 0) is 14.3 Å². The number of fused-ring (bicyclic) bond motifs is 1. The summed E-state index contributed by atoms with van der Waals surface area (Å²) in [4.78, 5) is 45.2. The number of carbonyl (C=O) groups excluding carboxylic acids is 2. The van der Waals surface area contributed by atoms with Gasteiger partial charge in [0, 0.05) is 26.7 Å². The molecular weight excluding hydrogens is 490 g/mol. The van der Waals surface area contributed by atoms with Crippen molar-refractivity contribution in [2.75, 3.05) is 25.6 Å². The summed E-state index contributed by atoms with van der Waals surface area (Å²) in [5.41, 5.74) is 3.03. The van der Waals surface area contributed by atoms with Gasteiger partial charge in [-0.1, -0.05) is 48.3 Å². The van der Waals surface area contributed by atoms with E-state index in [0.29, 0.717) is 26.3 Å². The summed E-state index contributed by atoms with van der Waals surface area (Å²) in [7, 11) is 3.93. The summed E-state index contributed by atoms with van der Waals surface area (Å²) in [6.07, 6.45) is 3.30. The average Bonchev–Trinajstić information content (AvgIpc) is 3.16. The van der Waals surface area contributed by atoms with Crippen LogP contribution in [0.4, 0.5) is 5.69 Å². The number of nitrogens with zero attached hydrogens (tertiary/aromatic N) is 3. The fourth-order valence-electron chi connectivity index (χ4n) is 4.01. The van der Waals surface area contributed by atoms with E-state index >= 15 is 0 Å². The maximum atomic E-state index is 13.7. The lowest BCUT2D eigenvalue weighted by Gasteiger charge is -2.24. The maximum Gasteiger partial charge on any atom is 0.338 e. The highest BCUT2D eigenvalue weighted by Gasteiger charge is 2.33. The summed E-state index contributed by atoms with van der Waals surface area (Å²) < 4.78 is 12.5. The van der Waals surface area contributed by atoms with Crippen molar-refractivity contribution >= 4 is 35.0 Å². The van der Waals surface area contributed by atoms with E-state index in [0.717, 1.165) is 11.3 Å². The summed E-state index contributed by atoms with van der Waals surface area (Å²) in [5.74, 6) is -0.658. The van der Waals surface area contributed by atoms with Crippen molar-refractivity contribution in [3.8, 4) is 5.75 Å². The molecule has 1 aliphatic heterocycles. The minimum absolute atomic E-state index is 0.0289. The first-order valence-corrected chi connectivity index (χ1v) is 12.4. The molecule has 37 heavy (non-hydrogen) atoms. The van der Waals surface area contributed by atoms with Gasteiger partial charge in [-0.25, -0.2) is 9.79 Å². The third kappa shape index (κ3) is 5.46. The van der Waals surface area contributed by atoms with Gasteiger partial charge in [0.05, 0.1) is 21.8 Å². The highest BCUT2D eigenvalue weighted by atomic mass is 32.1. The van der Waals surface area contributed by atoms with Crippen molar-refractivity contribution in [2.45, 2.75) is 19.9 Å². The zero-order valence-corrected chi connectivity index (χ0v) is 21.9. The van der Waals surface area contributed by atoms with Gasteiger partial charge in [-0.15, -0.1) is 0 Å². The molecule has 190 valence electrons. The van der Waals surface area contributed by atoms with E-state index in [1.165, 1.54) is 28.9 Å². The summed E-state index contributed by atoms with van der Waals surface area (Å²) in [6, 6.07) is 13.8. The van der Waals surface area contributed by atoms with Crippen LogP contribution in [0.2, 0.25) is 0 Å². The van der Waals surface area contributed by atoms with Crippen LogP contribution < -0.4 is 24.5 Å². The minimum Gasteiger partial charge on any atom is -0.458 e. The molecule has 0 fully saturated rings. The second-order valence-corrected chi connectivity index (χ2v) is 9.63. The zero-order valence-electron chi connectivity index (χ0n) is 21.1. The lowest BCUT2D eigenvalue weighted by molar-refractivity contribution is -0.138. The van der Waals surface area contributed by atoms with E-state index in [2.05, 4.69) is 11.6 Å². The number of allylic oxidation sites excluding steroid dienone is 1. The van der Waals surface area contributed by atoms with Crippen LogP contribution in [0.1, 0.15) is 31.0 Å². The van der Waals surface area contributed by atoms with Gasteiger partial charge < -0.3 is 14.4 Å². The highest BCUT2D eigenvalue weighted by Crippen LogP contribution is 2.31. The van der Waals surface area contributed by atoms with Gasteiger partial charge in [-0.3, -0.25) is 14.2 Å². The number of aromatic nitrogens is 1. The van der Waals surface area contributed by atoms with Gasteiger partial charge in [-0.05, 0) is 48.4 Å². The lowest BCUT2D eigenvalue weighted by atomic mass is 9.96. The molecule has 0 radical (unpaired) electrons. The van der Waals surface area contributed by atoms with Crippen molar-refractivity contribution in [2.24, 2.45) is 4.99 Å². The molecule has 3 aromatic rings. The molecule has 8 nitrogen and oxygen atoms in total. The van der Waals surface area contributed by atoms with E-state index in [4.69, 9.17) is 9.47 Å². The first-order chi connectivity index (χ1) is 17.7. The third-order valence-corrected chi connectivity index (χ3v) is 6.72. The molecular formula is C28H27N3O5S. The monoisotopic (exact) mass is 517 g/mol. The van der Waals surface area contributed by atoms with Crippen LogP contribution in [0.3, 0.4) is 0 Å². The molecule has 0 saturated heterocycles. The van der Waals surface area contributed by atoms with Crippen LogP contribution in [0, 0.1) is 0 Å². The van der Waals surface area contributed by atoms with Crippen molar-refractivity contribution in [1.82, 2.24) is 4.57 Å². The Bertz CT molecular complexity index is 1560. The zero-order chi connectivity index (χ0) is 26.7. The molecule has 0 spiro atoms. The van der Waals surface area contributed by atoms with E-state index in [9.17, 15) is 14.4 Å². The number of carbonyl (C=O) groups is 2. The molecule has 1 aromatic heterocycles. The van der Waals surface area contributed by atoms with Crippen LogP contribution >= 0.6 is 11.3 Å². The SMILES string of the molecule is C=CCOC(=O)C1=C(C)N=c2s/c(=C/c3ccc(N(C)C)cc3)c(=O)n2[C@@H]1c1ccc(OC(C)=O)cc1. The summed E-state index contributed by atoms with van der Waals surface area (Å²) >= 11 is 1.26. The smallest absolute Gasteiger partial charge is 0.338 e. The normalized spacial score (nSPS) is 15.0. The number of hydrogen-bond acceptors (Lipinski definition) is 8. The molecule has 0 unspecified atom stereocenters. The Labute approximate surface area is 218 Å². The number of thiazole rings is 1. The third-order valence-electron chi connectivity index (χ3n) is 5.74. The first-order valence-electron chi connectivity index (χ1n) is 11.6. The van der Waals surface area contributed by atoms with Crippen LogP contribution in [0.25, 0.3) is 6.08 Å². The molecule has 2 heterocycles. The molecule has 0 amide bonds. The van der Waals surface area contributed by atoms with Crippen LogP contribution in [0.15, 0.2) is 82.2 Å². The van der Waals surface area contributed by atoms with E-state index in [1.54, 1.807) is 31.2 Å². The molecule has 0 saturated carbocycles. The molecule has 0 bridgehead atoms. The van der Waals surface area contributed by atoms with Gasteiger partial charge in [0.1, 0.15) is 12.4 Å². The standard InChI is InChI=1S/C28H27N3O5S/c1-6-15-35-27(34)24-17(2)29-28-31(25(24)20-9-13-22(14-10-20)36-18(3)32)26(33)23(37-28)16-19-7-11-21(12-8-19)30(4)5/h6-14,16,25H,1,15H2,2-5H3/b23-16+/t25-/m1/s1. The Kier molecular flexibility index (Phi) is 7.54. The van der Waals surface area contributed by atoms with Crippen molar-refractivity contribution in [3.63, 3.8) is 0 Å². The molecule has 2 aromatic carbocycles. The number of anilines is 1. The van der Waals surface area contributed by atoms with Gasteiger partial charge in [0.2, 0.25) is 0 Å². The Morgan fingerprint density at radius 1 is 1.14 bits per heavy atom. The Morgan fingerprint density at radius 2 is 1.81 bits per heavy atom. The van der Waals surface area contributed by atoms with Crippen molar-refractivity contribution in [3.05, 3.63) is 103 Å². The second kappa shape index (κ2) is 10.8. The summed E-state index contributed by atoms with van der Waals surface area (Å²) in [5, 5.41) is 0. The molecule has 0 aliphatic carbocycles. The molecule has 4 rings (SSSR count). The number of ether oxygens (including phenoxy) is 2. The number of hydrogen-bond donors (Lipinski definition) is 0. The molecule has 1 atom stereocenters. The highest BCUT2D eigenvalue weighted by molar-refractivity contribution is 7.07. The van der Waals surface area contributed by atoms with Crippen molar-refractivity contribution in [1.29, 1.82) is 0 Å². The maximum absolute atomic E-state index is 13.7. The number of benzene rings is 2. The van der Waals surface area contributed by atoms with Gasteiger partial charge >= 0.3 is 11.9 Å². The van der Waals surface area contributed by atoms with Crippen LogP contribution in [-0.4, -0.2) is 37.2 Å². The lowest BCUT2D eigenvalue weighted by Crippen LogP contribution is -2.39. The largest absolute Gasteiger partial charge is 0.458 e.